The summed E-state index contributed by atoms with van der Waals surface area (Å²) < 4.78 is 27.8. The Bertz CT molecular complexity index is 1220. The maximum Gasteiger partial charge on any atom is 0.304 e. The van der Waals surface area contributed by atoms with Crippen molar-refractivity contribution in [1.82, 2.24) is 4.90 Å². The first-order chi connectivity index (χ1) is 18.3. The van der Waals surface area contributed by atoms with Gasteiger partial charge in [0, 0.05) is 43.2 Å². The highest BCUT2D eigenvalue weighted by atomic mass is 28.4. The highest BCUT2D eigenvalue weighted by Crippen LogP contribution is 2.60. The average Bonchev–Trinajstić information content (AvgIpc) is 3.49. The third kappa shape index (κ3) is 4.27. The quantitative estimate of drug-likeness (QED) is 0.245. The summed E-state index contributed by atoms with van der Waals surface area (Å²) in [7, 11) is -1.83. The summed E-state index contributed by atoms with van der Waals surface area (Å²) in [5, 5.41) is 9.71. The number of carbonyl (C=O) groups is 4. The van der Waals surface area contributed by atoms with Gasteiger partial charge in [-0.15, -0.1) is 0 Å². The van der Waals surface area contributed by atoms with Crippen molar-refractivity contribution >= 4 is 43.5 Å². The lowest BCUT2D eigenvalue weighted by Crippen LogP contribution is -2.55. The van der Waals surface area contributed by atoms with E-state index in [0.29, 0.717) is 29.9 Å². The highest BCUT2D eigenvalue weighted by molar-refractivity contribution is 6.72. The number of carbonyl (C=O) groups excluding carboxylic acids is 4. The Morgan fingerprint density at radius 3 is 2.62 bits per heavy atom. The average molecular weight is 562 g/mol. The molecule has 39 heavy (non-hydrogen) atoms. The lowest BCUT2D eigenvalue weighted by molar-refractivity contribution is -0.154. The van der Waals surface area contributed by atoms with Crippen LogP contribution in [0.2, 0.25) is 18.6 Å². The number of fused-ring (bicyclic) bond motifs is 2. The number of aliphatic hydroxyl groups is 1. The first-order valence-corrected chi connectivity index (χ1v) is 16.5. The molecule has 1 aromatic rings. The standard InChI is InChI=1S/C27H36FN3O7Si/c1-15-25(39(4,5)28)21(12-22(34)30-10-6-7-18(30)14-32)38-27(15)19-11-17(8-9-20(19)29(3)26(27)36)31-23(35)13-24(31)37-16(2)33/h8-9,11,15,18,21,24-25,32H,6-7,10,12-14H2,1-5H3/t15-,18-,21+,24?,25-,27+/m0/s1. The molecule has 0 radical (unpaired) electrons. The van der Waals surface area contributed by atoms with Crippen molar-refractivity contribution in [1.29, 1.82) is 0 Å². The molecule has 3 amide bonds. The summed E-state index contributed by atoms with van der Waals surface area (Å²) in [6.45, 7) is 6.62. The molecule has 4 aliphatic rings. The molecule has 1 N–H and O–H groups in total. The van der Waals surface area contributed by atoms with Crippen LogP contribution in [0.25, 0.3) is 0 Å². The first kappa shape index (κ1) is 27.7. The molecule has 6 atom stereocenters. The largest absolute Gasteiger partial charge is 0.441 e. The number of nitrogens with zero attached hydrogens (tertiary/aromatic N) is 3. The van der Waals surface area contributed by atoms with E-state index in [2.05, 4.69) is 0 Å². The molecule has 0 saturated carbocycles. The molecule has 5 rings (SSSR count). The van der Waals surface area contributed by atoms with Gasteiger partial charge in [0.2, 0.25) is 20.2 Å². The molecule has 4 heterocycles. The molecule has 1 spiro atoms. The van der Waals surface area contributed by atoms with E-state index in [-0.39, 0.29) is 43.2 Å². The number of esters is 1. The molecule has 0 aromatic heterocycles. The number of hydrogen-bond donors (Lipinski definition) is 1. The van der Waals surface area contributed by atoms with E-state index in [1.807, 2.05) is 0 Å². The number of ether oxygens (including phenoxy) is 2. The fourth-order valence-corrected chi connectivity index (χ4v) is 9.61. The van der Waals surface area contributed by atoms with Gasteiger partial charge in [-0.05, 0) is 44.1 Å². The molecular formula is C27H36FN3O7Si. The van der Waals surface area contributed by atoms with E-state index in [4.69, 9.17) is 9.47 Å². The molecule has 4 aliphatic heterocycles. The van der Waals surface area contributed by atoms with E-state index < -0.39 is 43.8 Å². The Morgan fingerprint density at radius 2 is 2.00 bits per heavy atom. The Labute approximate surface area is 228 Å². The summed E-state index contributed by atoms with van der Waals surface area (Å²) in [4.78, 5) is 55.8. The van der Waals surface area contributed by atoms with Crippen molar-refractivity contribution in [2.45, 2.75) is 82.1 Å². The lowest BCUT2D eigenvalue weighted by Gasteiger charge is -2.39. The predicted octanol–water partition coefficient (Wildman–Crippen LogP) is 2.44. The van der Waals surface area contributed by atoms with Crippen LogP contribution < -0.4 is 9.80 Å². The van der Waals surface area contributed by atoms with Gasteiger partial charge >= 0.3 is 5.97 Å². The van der Waals surface area contributed by atoms with Crippen LogP contribution >= 0.6 is 0 Å². The molecule has 1 aromatic carbocycles. The highest BCUT2D eigenvalue weighted by Gasteiger charge is 2.66. The third-order valence-electron chi connectivity index (χ3n) is 8.84. The van der Waals surface area contributed by atoms with Crippen LogP contribution in [-0.4, -0.2) is 80.7 Å². The first-order valence-electron chi connectivity index (χ1n) is 13.5. The maximum absolute atomic E-state index is 16.0. The van der Waals surface area contributed by atoms with Crippen molar-refractivity contribution in [2.75, 3.05) is 30.0 Å². The summed E-state index contributed by atoms with van der Waals surface area (Å²) in [5.74, 6) is -1.88. The zero-order valence-corrected chi connectivity index (χ0v) is 24.0. The van der Waals surface area contributed by atoms with Gasteiger partial charge in [-0.3, -0.25) is 24.1 Å². The number of anilines is 2. The Hall–Kier alpha value is -2.83. The van der Waals surface area contributed by atoms with Crippen LogP contribution in [0.4, 0.5) is 15.5 Å². The molecule has 0 bridgehead atoms. The van der Waals surface area contributed by atoms with E-state index in [1.54, 1.807) is 50.2 Å². The summed E-state index contributed by atoms with van der Waals surface area (Å²) >= 11 is 0. The van der Waals surface area contributed by atoms with Crippen LogP contribution in [0.3, 0.4) is 0 Å². The monoisotopic (exact) mass is 561 g/mol. The Balaban J connectivity index is 1.53. The number of aliphatic hydroxyl groups excluding tert-OH is 1. The summed E-state index contributed by atoms with van der Waals surface area (Å²) in [6.07, 6.45) is -0.0879. The van der Waals surface area contributed by atoms with Gasteiger partial charge in [0.1, 0.15) is 0 Å². The summed E-state index contributed by atoms with van der Waals surface area (Å²) in [6, 6.07) is 4.83. The number of halogens is 1. The van der Waals surface area contributed by atoms with Crippen LogP contribution in [0.5, 0.6) is 0 Å². The zero-order valence-electron chi connectivity index (χ0n) is 23.0. The fourth-order valence-electron chi connectivity index (χ4n) is 7.12. The molecule has 10 nitrogen and oxygen atoms in total. The topological polar surface area (TPSA) is 117 Å². The number of benzene rings is 1. The second-order valence-electron chi connectivity index (χ2n) is 11.6. The van der Waals surface area contributed by atoms with Crippen LogP contribution in [0, 0.1) is 5.92 Å². The maximum atomic E-state index is 16.0. The number of hydrogen-bond acceptors (Lipinski definition) is 7. The normalized spacial score (nSPS) is 32.2. The van der Waals surface area contributed by atoms with Crippen molar-refractivity contribution in [3.05, 3.63) is 23.8 Å². The fraction of sp³-hybridized carbons (Fsp3) is 0.630. The predicted molar refractivity (Wildman–Crippen MR) is 142 cm³/mol. The second kappa shape index (κ2) is 9.67. The van der Waals surface area contributed by atoms with Gasteiger partial charge in [0.05, 0.1) is 37.3 Å². The third-order valence-corrected chi connectivity index (χ3v) is 11.3. The van der Waals surface area contributed by atoms with Gasteiger partial charge in [0.25, 0.3) is 5.91 Å². The van der Waals surface area contributed by atoms with Crippen LogP contribution in [0.1, 0.15) is 45.1 Å². The number of likely N-dealkylation sites (tertiary alicyclic amines) is 1. The van der Waals surface area contributed by atoms with Crippen LogP contribution in [0.15, 0.2) is 18.2 Å². The van der Waals surface area contributed by atoms with E-state index in [0.717, 1.165) is 6.42 Å². The van der Waals surface area contributed by atoms with Crippen molar-refractivity contribution in [3.63, 3.8) is 0 Å². The van der Waals surface area contributed by atoms with Gasteiger partial charge in [0.15, 0.2) is 11.8 Å². The minimum absolute atomic E-state index is 0.0623. The molecule has 3 fully saturated rings. The molecule has 1 unspecified atom stereocenters. The van der Waals surface area contributed by atoms with E-state index in [1.165, 1.54) is 16.7 Å². The minimum Gasteiger partial charge on any atom is -0.441 e. The lowest BCUT2D eigenvalue weighted by atomic mass is 9.82. The van der Waals surface area contributed by atoms with Crippen molar-refractivity contribution in [3.8, 4) is 0 Å². The summed E-state index contributed by atoms with van der Waals surface area (Å²) in [5.41, 5.74) is -0.642. The molecule has 3 saturated heterocycles. The number of amides is 3. The van der Waals surface area contributed by atoms with Crippen molar-refractivity contribution < 1.29 is 37.9 Å². The molecule has 212 valence electrons. The Kier molecular flexibility index (Phi) is 6.87. The van der Waals surface area contributed by atoms with Gasteiger partial charge in [-0.1, -0.05) is 6.92 Å². The molecule has 12 heteroatoms. The van der Waals surface area contributed by atoms with E-state index in [9.17, 15) is 24.3 Å². The molecule has 0 aliphatic carbocycles. The van der Waals surface area contributed by atoms with Crippen LogP contribution in [-0.2, 0) is 34.3 Å². The smallest absolute Gasteiger partial charge is 0.304 e. The number of likely N-dealkylation sites (N-methyl/N-ethyl adjacent to an activating group) is 1. The van der Waals surface area contributed by atoms with E-state index >= 15 is 4.11 Å². The van der Waals surface area contributed by atoms with Crippen molar-refractivity contribution in [2.24, 2.45) is 5.92 Å². The SMILES string of the molecule is CC(=O)OC1CC(=O)N1c1ccc2c(c1)[C@@]1(O[C@H](CC(=O)N3CCC[C@H]3CO)[C@@H]([Si](C)(C)F)[C@@H]1C)C(=O)N2C. The number of β-lactam (4-membered cyclic amide) rings is 1. The van der Waals surface area contributed by atoms with Gasteiger partial charge in [-0.2, -0.15) is 0 Å². The van der Waals surface area contributed by atoms with Gasteiger partial charge in [-0.25, -0.2) is 0 Å². The molecular weight excluding hydrogens is 525 g/mol. The second-order valence-corrected chi connectivity index (χ2v) is 15.4. The Morgan fingerprint density at radius 1 is 1.28 bits per heavy atom. The number of rotatable bonds is 6. The van der Waals surface area contributed by atoms with Gasteiger partial charge < -0.3 is 28.5 Å². The zero-order chi connectivity index (χ0) is 28.4. The minimum atomic E-state index is -3.46.